The lowest BCUT2D eigenvalue weighted by Gasteiger charge is -2.14. The fourth-order valence-electron chi connectivity index (χ4n) is 2.75. The molecular formula is C19H21NO5. The molecule has 1 aliphatic rings. The van der Waals surface area contributed by atoms with Crippen LogP contribution in [0.4, 0.5) is 0 Å². The van der Waals surface area contributed by atoms with Gasteiger partial charge in [0.2, 0.25) is 5.78 Å². The van der Waals surface area contributed by atoms with Crippen LogP contribution >= 0.6 is 0 Å². The van der Waals surface area contributed by atoms with Crippen molar-refractivity contribution in [3.63, 3.8) is 0 Å². The molecule has 1 fully saturated rings. The second-order valence-corrected chi connectivity index (χ2v) is 5.95. The van der Waals surface area contributed by atoms with Crippen molar-refractivity contribution in [1.29, 1.82) is 0 Å². The average molecular weight is 343 g/mol. The zero-order valence-electron chi connectivity index (χ0n) is 14.1. The summed E-state index contributed by atoms with van der Waals surface area (Å²) < 4.78 is 18.1. The zero-order chi connectivity index (χ0) is 17.6. The molecule has 1 atom stereocenters. The largest absolute Gasteiger partial charge is 0.490 e. The van der Waals surface area contributed by atoms with Crippen molar-refractivity contribution in [3.05, 3.63) is 53.9 Å². The summed E-state index contributed by atoms with van der Waals surface area (Å²) in [5, 5.41) is 0. The first-order chi connectivity index (χ1) is 12.1. The van der Waals surface area contributed by atoms with E-state index in [1.165, 1.54) is 0 Å². The molecule has 0 amide bonds. The van der Waals surface area contributed by atoms with Crippen molar-refractivity contribution >= 4 is 11.8 Å². The molecule has 1 aliphatic heterocycles. The normalized spacial score (nSPS) is 16.6. The first kappa shape index (κ1) is 17.2. The lowest BCUT2D eigenvalue weighted by atomic mass is 10.2. The molecule has 0 saturated carbocycles. The highest BCUT2D eigenvalue weighted by Gasteiger charge is 2.20. The van der Waals surface area contributed by atoms with E-state index in [1.54, 1.807) is 54.2 Å². The molecule has 6 heteroatoms. The monoisotopic (exact) mass is 343 g/mol. The highest BCUT2D eigenvalue weighted by atomic mass is 16.5. The van der Waals surface area contributed by atoms with E-state index in [1.807, 2.05) is 0 Å². The molecule has 2 aromatic rings. The quantitative estimate of drug-likeness (QED) is 0.571. The molecular weight excluding hydrogens is 322 g/mol. The third-order valence-electron chi connectivity index (χ3n) is 4.12. The van der Waals surface area contributed by atoms with E-state index in [4.69, 9.17) is 14.2 Å². The van der Waals surface area contributed by atoms with Gasteiger partial charge in [-0.1, -0.05) is 12.1 Å². The number of ether oxygens (including phenoxy) is 3. The highest BCUT2D eigenvalue weighted by Crippen LogP contribution is 2.21. The highest BCUT2D eigenvalue weighted by molar-refractivity contribution is 5.99. The molecule has 1 aromatic heterocycles. The molecule has 0 unspecified atom stereocenters. The number of rotatable bonds is 7. The second-order valence-electron chi connectivity index (χ2n) is 5.95. The number of esters is 1. The Kier molecular flexibility index (Phi) is 5.50. The van der Waals surface area contributed by atoms with Crippen LogP contribution in [-0.2, 0) is 16.5 Å². The van der Waals surface area contributed by atoms with Gasteiger partial charge in [0.1, 0.15) is 17.9 Å². The van der Waals surface area contributed by atoms with Gasteiger partial charge in [0.15, 0.2) is 6.61 Å². The summed E-state index contributed by atoms with van der Waals surface area (Å²) in [6, 6.07) is 10.3. The van der Waals surface area contributed by atoms with E-state index in [-0.39, 0.29) is 18.5 Å². The third-order valence-corrected chi connectivity index (χ3v) is 4.12. The van der Waals surface area contributed by atoms with Gasteiger partial charge >= 0.3 is 5.97 Å². The topological polar surface area (TPSA) is 66.8 Å². The Bertz CT molecular complexity index is 746. The summed E-state index contributed by atoms with van der Waals surface area (Å²) in [5.74, 6) is -0.390. The maximum atomic E-state index is 12.3. The van der Waals surface area contributed by atoms with Gasteiger partial charge in [-0.15, -0.1) is 0 Å². The van der Waals surface area contributed by atoms with Crippen LogP contribution in [-0.4, -0.2) is 42.2 Å². The number of benzene rings is 1. The molecule has 1 saturated heterocycles. The summed E-state index contributed by atoms with van der Waals surface area (Å²) in [4.78, 5) is 24.4. The fourth-order valence-corrected chi connectivity index (χ4v) is 2.75. The van der Waals surface area contributed by atoms with Crippen molar-refractivity contribution in [2.24, 2.45) is 7.05 Å². The number of ketones is 1. The lowest BCUT2D eigenvalue weighted by molar-refractivity contribution is 0.0457. The number of hydrogen-bond acceptors (Lipinski definition) is 5. The third kappa shape index (κ3) is 4.28. The molecule has 1 aromatic carbocycles. The van der Waals surface area contributed by atoms with E-state index < -0.39 is 5.97 Å². The van der Waals surface area contributed by atoms with E-state index in [0.717, 1.165) is 19.4 Å². The Morgan fingerprint density at radius 3 is 2.80 bits per heavy atom. The average Bonchev–Trinajstić information content (AvgIpc) is 3.29. The maximum absolute atomic E-state index is 12.3. The maximum Gasteiger partial charge on any atom is 0.342 e. The first-order valence-corrected chi connectivity index (χ1v) is 8.30. The summed E-state index contributed by atoms with van der Waals surface area (Å²) in [7, 11) is 1.77. The zero-order valence-corrected chi connectivity index (χ0v) is 14.1. The summed E-state index contributed by atoms with van der Waals surface area (Å²) in [6.45, 7) is 0.836. The van der Waals surface area contributed by atoms with Crippen LogP contribution in [0.15, 0.2) is 42.6 Å². The van der Waals surface area contributed by atoms with Gasteiger partial charge < -0.3 is 18.8 Å². The van der Waals surface area contributed by atoms with E-state index in [9.17, 15) is 9.59 Å². The van der Waals surface area contributed by atoms with E-state index in [2.05, 4.69) is 0 Å². The van der Waals surface area contributed by atoms with Crippen molar-refractivity contribution in [1.82, 2.24) is 4.57 Å². The van der Waals surface area contributed by atoms with E-state index in [0.29, 0.717) is 23.6 Å². The van der Waals surface area contributed by atoms with Gasteiger partial charge in [0.25, 0.3) is 0 Å². The smallest absolute Gasteiger partial charge is 0.342 e. The van der Waals surface area contributed by atoms with E-state index >= 15 is 0 Å². The second kappa shape index (κ2) is 7.98. The van der Waals surface area contributed by atoms with Gasteiger partial charge in [-0.05, 0) is 37.1 Å². The predicted octanol–water partition coefficient (Wildman–Crippen LogP) is 2.62. The molecule has 0 N–H and O–H groups in total. The van der Waals surface area contributed by atoms with Gasteiger partial charge in [0, 0.05) is 19.9 Å². The Morgan fingerprint density at radius 1 is 1.24 bits per heavy atom. The Morgan fingerprint density at radius 2 is 2.08 bits per heavy atom. The number of aryl methyl sites for hydroxylation is 1. The minimum Gasteiger partial charge on any atom is -0.490 e. The molecule has 0 bridgehead atoms. The predicted molar refractivity (Wildman–Crippen MR) is 90.9 cm³/mol. The SMILES string of the molecule is Cn1cccc1C(=O)COC(=O)c1ccccc1OC[C@H]1CCCO1. The minimum atomic E-state index is -0.578. The lowest BCUT2D eigenvalue weighted by Crippen LogP contribution is -2.19. The molecule has 6 nitrogen and oxygen atoms in total. The molecule has 0 spiro atoms. The van der Waals surface area contributed by atoms with Crippen LogP contribution in [0.5, 0.6) is 5.75 Å². The standard InChI is InChI=1S/C19H21NO5/c1-20-10-4-8-16(20)17(21)13-25-19(22)15-7-2-3-9-18(15)24-12-14-6-5-11-23-14/h2-4,7-10,14H,5-6,11-13H2,1H3/t14-/m1/s1. The van der Waals surface area contributed by atoms with Crippen LogP contribution in [0.3, 0.4) is 0 Å². The van der Waals surface area contributed by atoms with Crippen LogP contribution in [0.25, 0.3) is 0 Å². The van der Waals surface area contributed by atoms with Crippen molar-refractivity contribution in [3.8, 4) is 5.75 Å². The van der Waals surface area contributed by atoms with Crippen LogP contribution < -0.4 is 4.74 Å². The number of Topliss-reactive ketones (excluding diaryl/α,β-unsaturated/α-hetero) is 1. The van der Waals surface area contributed by atoms with Gasteiger partial charge in [-0.2, -0.15) is 0 Å². The molecule has 25 heavy (non-hydrogen) atoms. The molecule has 2 heterocycles. The van der Waals surface area contributed by atoms with Crippen molar-refractivity contribution in [2.75, 3.05) is 19.8 Å². The Labute approximate surface area is 146 Å². The number of carbonyl (C=O) groups excluding carboxylic acids is 2. The van der Waals surface area contributed by atoms with Gasteiger partial charge in [0.05, 0.1) is 11.8 Å². The first-order valence-electron chi connectivity index (χ1n) is 8.30. The van der Waals surface area contributed by atoms with Gasteiger partial charge in [-0.3, -0.25) is 4.79 Å². The van der Waals surface area contributed by atoms with Crippen molar-refractivity contribution in [2.45, 2.75) is 18.9 Å². The van der Waals surface area contributed by atoms with Crippen LogP contribution in [0, 0.1) is 0 Å². The Balaban J connectivity index is 1.59. The number of para-hydroxylation sites is 1. The summed E-state index contributed by atoms with van der Waals surface area (Å²) in [6.07, 6.45) is 3.81. The van der Waals surface area contributed by atoms with Gasteiger partial charge in [-0.25, -0.2) is 4.79 Å². The molecule has 0 radical (unpaired) electrons. The van der Waals surface area contributed by atoms with Crippen molar-refractivity contribution < 1.29 is 23.8 Å². The summed E-state index contributed by atoms with van der Waals surface area (Å²) >= 11 is 0. The summed E-state index contributed by atoms with van der Waals surface area (Å²) in [5.41, 5.74) is 0.802. The van der Waals surface area contributed by atoms with Crippen LogP contribution in [0.1, 0.15) is 33.7 Å². The van der Waals surface area contributed by atoms with Crippen LogP contribution in [0.2, 0.25) is 0 Å². The number of nitrogens with zero attached hydrogens (tertiary/aromatic N) is 1. The fraction of sp³-hybridized carbons (Fsp3) is 0.368. The molecule has 3 rings (SSSR count). The minimum absolute atomic E-state index is 0.0583. The molecule has 0 aliphatic carbocycles. The number of aromatic nitrogens is 1. The molecule has 132 valence electrons. The number of hydrogen-bond donors (Lipinski definition) is 0. The Hall–Kier alpha value is -2.60. The number of carbonyl (C=O) groups is 2.